The number of carbonyl (C=O) groups is 2. The minimum Gasteiger partial charge on any atom is -0.349 e. The van der Waals surface area contributed by atoms with Crippen LogP contribution in [0.3, 0.4) is 0 Å². The van der Waals surface area contributed by atoms with Gasteiger partial charge in [0.25, 0.3) is 5.91 Å². The van der Waals surface area contributed by atoms with Crippen molar-refractivity contribution in [2.45, 2.75) is 38.1 Å². The lowest BCUT2D eigenvalue weighted by Gasteiger charge is -2.30. The second-order valence-electron chi connectivity index (χ2n) is 7.28. The monoisotopic (exact) mass is 360 g/mol. The number of fused-ring (bicyclic) bond motifs is 2. The van der Waals surface area contributed by atoms with Crippen molar-refractivity contribution < 1.29 is 9.59 Å². The van der Waals surface area contributed by atoms with Crippen LogP contribution in [0, 0.1) is 0 Å². The first-order chi connectivity index (χ1) is 13.2. The Morgan fingerprint density at radius 3 is 2.70 bits per heavy atom. The van der Waals surface area contributed by atoms with Crippen LogP contribution in [0.25, 0.3) is 0 Å². The zero-order valence-electron chi connectivity index (χ0n) is 15.4. The number of hydrogen-bond donors (Lipinski definition) is 1. The van der Waals surface area contributed by atoms with Crippen LogP contribution < -0.4 is 10.2 Å². The number of carbonyl (C=O) groups excluding carboxylic acids is 2. The predicted molar refractivity (Wildman–Crippen MR) is 107 cm³/mol. The molecular formula is C23H24N2O2. The molecule has 1 N–H and O–H groups in total. The van der Waals surface area contributed by atoms with E-state index in [9.17, 15) is 9.59 Å². The number of benzene rings is 2. The molecule has 138 valence electrons. The summed E-state index contributed by atoms with van der Waals surface area (Å²) in [7, 11) is 0. The normalized spacial score (nSPS) is 18.2. The summed E-state index contributed by atoms with van der Waals surface area (Å²) in [6, 6.07) is 14.3. The summed E-state index contributed by atoms with van der Waals surface area (Å²) in [4.78, 5) is 26.9. The van der Waals surface area contributed by atoms with Crippen LogP contribution in [-0.2, 0) is 24.1 Å². The average Bonchev–Trinajstić information content (AvgIpc) is 2.72. The van der Waals surface area contributed by atoms with E-state index in [4.69, 9.17) is 0 Å². The van der Waals surface area contributed by atoms with Gasteiger partial charge in [-0.3, -0.25) is 9.59 Å². The van der Waals surface area contributed by atoms with Gasteiger partial charge in [-0.05, 0) is 67.0 Å². The van der Waals surface area contributed by atoms with Crippen molar-refractivity contribution in [1.29, 1.82) is 0 Å². The van der Waals surface area contributed by atoms with E-state index in [0.717, 1.165) is 43.4 Å². The highest BCUT2D eigenvalue weighted by Gasteiger charge is 2.26. The van der Waals surface area contributed by atoms with Crippen LogP contribution in [-0.4, -0.2) is 24.4 Å². The highest BCUT2D eigenvalue weighted by molar-refractivity contribution is 6.04. The standard InChI is InChI=1S/C23H24N2O2/c1-2-22(26)25-14-6-10-19-20(9-5-11-21(19)25)23(27)24-18-13-12-16-7-3-4-8-17(16)15-18/h2-5,7-9,11,18H,1,6,10,12-15H2,(H,24,27). The van der Waals surface area contributed by atoms with Crippen molar-refractivity contribution in [3.63, 3.8) is 0 Å². The Balaban J connectivity index is 1.55. The maximum Gasteiger partial charge on any atom is 0.251 e. The first-order valence-corrected chi connectivity index (χ1v) is 9.61. The van der Waals surface area contributed by atoms with E-state index in [2.05, 4.69) is 36.2 Å². The van der Waals surface area contributed by atoms with Gasteiger partial charge < -0.3 is 10.2 Å². The minimum atomic E-state index is -0.114. The third-order valence-electron chi connectivity index (χ3n) is 5.62. The van der Waals surface area contributed by atoms with Gasteiger partial charge in [0, 0.05) is 23.8 Å². The molecule has 2 amide bonds. The zero-order valence-corrected chi connectivity index (χ0v) is 15.4. The SMILES string of the molecule is C=CC(=O)N1CCCc2c(C(=O)NC3CCc4ccccc4C3)cccc21. The van der Waals surface area contributed by atoms with Gasteiger partial charge >= 0.3 is 0 Å². The van der Waals surface area contributed by atoms with Gasteiger partial charge in [-0.25, -0.2) is 0 Å². The van der Waals surface area contributed by atoms with Crippen molar-refractivity contribution in [3.8, 4) is 0 Å². The Kier molecular flexibility index (Phi) is 4.80. The fraction of sp³-hybridized carbons (Fsp3) is 0.304. The minimum absolute atomic E-state index is 0.0378. The molecule has 1 aliphatic heterocycles. The van der Waals surface area contributed by atoms with E-state index in [-0.39, 0.29) is 17.9 Å². The topological polar surface area (TPSA) is 49.4 Å². The lowest BCUT2D eigenvalue weighted by Crippen LogP contribution is -2.40. The van der Waals surface area contributed by atoms with E-state index < -0.39 is 0 Å². The molecule has 2 aromatic rings. The Morgan fingerprint density at radius 1 is 1.07 bits per heavy atom. The van der Waals surface area contributed by atoms with E-state index in [0.29, 0.717) is 12.1 Å². The van der Waals surface area contributed by atoms with Crippen molar-refractivity contribution in [2.24, 2.45) is 0 Å². The summed E-state index contributed by atoms with van der Waals surface area (Å²) >= 11 is 0. The Labute approximate surface area is 159 Å². The Bertz CT molecular complexity index is 903. The maximum atomic E-state index is 13.0. The van der Waals surface area contributed by atoms with Crippen molar-refractivity contribution >= 4 is 17.5 Å². The molecule has 1 aliphatic carbocycles. The van der Waals surface area contributed by atoms with Gasteiger partial charge in [0.2, 0.25) is 5.91 Å². The number of hydrogen-bond acceptors (Lipinski definition) is 2. The fourth-order valence-corrected chi connectivity index (χ4v) is 4.26. The largest absolute Gasteiger partial charge is 0.349 e. The summed E-state index contributed by atoms with van der Waals surface area (Å²) in [6.07, 6.45) is 5.83. The number of nitrogens with zero attached hydrogens (tertiary/aromatic N) is 1. The number of aryl methyl sites for hydroxylation is 1. The average molecular weight is 360 g/mol. The first kappa shape index (κ1) is 17.5. The first-order valence-electron chi connectivity index (χ1n) is 9.61. The molecule has 1 atom stereocenters. The number of rotatable bonds is 3. The highest BCUT2D eigenvalue weighted by Crippen LogP contribution is 2.30. The lowest BCUT2D eigenvalue weighted by atomic mass is 9.88. The van der Waals surface area contributed by atoms with E-state index in [1.807, 2.05) is 18.2 Å². The van der Waals surface area contributed by atoms with Crippen molar-refractivity contribution in [2.75, 3.05) is 11.4 Å². The van der Waals surface area contributed by atoms with Gasteiger partial charge in [0.15, 0.2) is 0 Å². The summed E-state index contributed by atoms with van der Waals surface area (Å²) in [5.74, 6) is -0.151. The second kappa shape index (κ2) is 7.39. The van der Waals surface area contributed by atoms with Crippen LogP contribution in [0.1, 0.15) is 39.9 Å². The van der Waals surface area contributed by atoms with Crippen molar-refractivity contribution in [3.05, 3.63) is 77.4 Å². The molecular weight excluding hydrogens is 336 g/mol. The third-order valence-corrected chi connectivity index (χ3v) is 5.62. The van der Waals surface area contributed by atoms with E-state index in [1.165, 1.54) is 17.2 Å². The van der Waals surface area contributed by atoms with Crippen molar-refractivity contribution in [1.82, 2.24) is 5.32 Å². The molecule has 1 unspecified atom stereocenters. The van der Waals surface area contributed by atoms with Crippen LogP contribution in [0.2, 0.25) is 0 Å². The Hall–Kier alpha value is -2.88. The highest BCUT2D eigenvalue weighted by atomic mass is 16.2. The Morgan fingerprint density at radius 2 is 1.89 bits per heavy atom. The van der Waals surface area contributed by atoms with Gasteiger partial charge in [0.05, 0.1) is 0 Å². The molecule has 2 aliphatic rings. The number of amides is 2. The molecule has 0 saturated heterocycles. The second-order valence-corrected chi connectivity index (χ2v) is 7.28. The maximum absolute atomic E-state index is 13.0. The number of anilines is 1. The van der Waals surface area contributed by atoms with Gasteiger partial charge in [0.1, 0.15) is 0 Å². The molecule has 0 radical (unpaired) electrons. The van der Waals surface area contributed by atoms with Gasteiger partial charge in [-0.2, -0.15) is 0 Å². The molecule has 0 spiro atoms. The molecule has 1 heterocycles. The molecule has 4 nitrogen and oxygen atoms in total. The smallest absolute Gasteiger partial charge is 0.251 e. The fourth-order valence-electron chi connectivity index (χ4n) is 4.26. The van der Waals surface area contributed by atoms with Gasteiger partial charge in [-0.1, -0.05) is 36.9 Å². The quantitative estimate of drug-likeness (QED) is 0.853. The molecule has 0 bridgehead atoms. The predicted octanol–water partition coefficient (Wildman–Crippen LogP) is 3.44. The zero-order chi connectivity index (χ0) is 18.8. The van der Waals surface area contributed by atoms with Crippen LogP contribution in [0.5, 0.6) is 0 Å². The molecule has 4 rings (SSSR count). The summed E-state index contributed by atoms with van der Waals surface area (Å²) < 4.78 is 0. The third kappa shape index (κ3) is 3.39. The van der Waals surface area contributed by atoms with Crippen LogP contribution in [0.4, 0.5) is 5.69 Å². The van der Waals surface area contributed by atoms with E-state index >= 15 is 0 Å². The lowest BCUT2D eigenvalue weighted by molar-refractivity contribution is -0.114. The molecule has 4 heteroatoms. The molecule has 0 saturated carbocycles. The summed E-state index contributed by atoms with van der Waals surface area (Å²) in [5, 5.41) is 3.22. The summed E-state index contributed by atoms with van der Waals surface area (Å²) in [6.45, 7) is 4.26. The van der Waals surface area contributed by atoms with E-state index in [1.54, 1.807) is 4.90 Å². The van der Waals surface area contributed by atoms with Gasteiger partial charge in [-0.15, -0.1) is 0 Å². The molecule has 0 aromatic heterocycles. The number of nitrogens with one attached hydrogen (secondary N) is 1. The molecule has 27 heavy (non-hydrogen) atoms. The van der Waals surface area contributed by atoms with Crippen LogP contribution >= 0.6 is 0 Å². The molecule has 2 aromatic carbocycles. The molecule has 0 fully saturated rings. The van der Waals surface area contributed by atoms with Crippen LogP contribution in [0.15, 0.2) is 55.1 Å². The summed E-state index contributed by atoms with van der Waals surface area (Å²) in [5.41, 5.74) is 5.21.